The lowest BCUT2D eigenvalue weighted by molar-refractivity contribution is 0.102. The third kappa shape index (κ3) is 2.30. The Balaban J connectivity index is 2.23. The first-order chi connectivity index (χ1) is 7.68. The number of fused-ring (bicyclic) bond motifs is 1. The normalized spacial score (nSPS) is 11.2. The zero-order valence-electron chi connectivity index (χ0n) is 9.40. The minimum Gasteiger partial charge on any atom is -0.464 e. The number of hydrogen-bond donors (Lipinski definition) is 0. The van der Waals surface area contributed by atoms with E-state index >= 15 is 0 Å². The van der Waals surface area contributed by atoms with E-state index in [1.807, 2.05) is 24.3 Å². The van der Waals surface area contributed by atoms with E-state index in [1.54, 1.807) is 18.0 Å². The minimum atomic E-state index is 0.142. The zero-order valence-corrected chi connectivity index (χ0v) is 10.2. The molecular weight excluding hydrogens is 220 g/mol. The van der Waals surface area contributed by atoms with Gasteiger partial charge in [0.15, 0.2) is 5.78 Å². The van der Waals surface area contributed by atoms with Gasteiger partial charge in [-0.3, -0.25) is 4.79 Å². The standard InChI is InChI=1S/C13H14O2S/c1-9(2)16-8-12(14)11-7-15-13-6-4-3-5-10(11)13/h3-7,9H,8H2,1-2H3. The highest BCUT2D eigenvalue weighted by molar-refractivity contribution is 8.00. The maximum atomic E-state index is 11.9. The summed E-state index contributed by atoms with van der Waals surface area (Å²) in [5.74, 6) is 0.657. The number of para-hydroxylation sites is 1. The number of carbonyl (C=O) groups is 1. The van der Waals surface area contributed by atoms with Crippen LogP contribution in [-0.4, -0.2) is 16.8 Å². The van der Waals surface area contributed by atoms with E-state index in [0.29, 0.717) is 16.6 Å². The van der Waals surface area contributed by atoms with Crippen LogP contribution in [0.4, 0.5) is 0 Å². The van der Waals surface area contributed by atoms with Crippen molar-refractivity contribution in [2.75, 3.05) is 5.75 Å². The van der Waals surface area contributed by atoms with E-state index in [1.165, 1.54) is 0 Å². The Labute approximate surface area is 99.0 Å². The molecule has 0 aliphatic rings. The van der Waals surface area contributed by atoms with Gasteiger partial charge in [-0.1, -0.05) is 32.0 Å². The van der Waals surface area contributed by atoms with Crippen LogP contribution in [0.3, 0.4) is 0 Å². The third-order valence-corrected chi connectivity index (χ3v) is 3.42. The Kier molecular flexibility index (Phi) is 3.34. The molecule has 3 heteroatoms. The van der Waals surface area contributed by atoms with Crippen LogP contribution >= 0.6 is 11.8 Å². The van der Waals surface area contributed by atoms with E-state index < -0.39 is 0 Å². The van der Waals surface area contributed by atoms with Crippen LogP contribution in [-0.2, 0) is 0 Å². The largest absolute Gasteiger partial charge is 0.464 e. The Morgan fingerprint density at radius 2 is 2.12 bits per heavy atom. The molecule has 1 aromatic carbocycles. The number of furan rings is 1. The first-order valence-corrected chi connectivity index (χ1v) is 6.34. The van der Waals surface area contributed by atoms with Gasteiger partial charge in [-0.2, -0.15) is 11.8 Å². The molecule has 1 heterocycles. The topological polar surface area (TPSA) is 30.2 Å². The fraction of sp³-hybridized carbons (Fsp3) is 0.308. The van der Waals surface area contributed by atoms with Gasteiger partial charge in [0, 0.05) is 5.39 Å². The summed E-state index contributed by atoms with van der Waals surface area (Å²) >= 11 is 1.65. The van der Waals surface area contributed by atoms with Gasteiger partial charge in [-0.15, -0.1) is 0 Å². The van der Waals surface area contributed by atoms with E-state index in [4.69, 9.17) is 4.42 Å². The minimum absolute atomic E-state index is 0.142. The van der Waals surface area contributed by atoms with Gasteiger partial charge in [0.05, 0.1) is 11.3 Å². The van der Waals surface area contributed by atoms with E-state index in [0.717, 1.165) is 11.0 Å². The van der Waals surface area contributed by atoms with Crippen molar-refractivity contribution in [3.63, 3.8) is 0 Å². The molecule has 2 nitrogen and oxygen atoms in total. The molecule has 0 radical (unpaired) electrons. The van der Waals surface area contributed by atoms with Crippen molar-refractivity contribution in [2.45, 2.75) is 19.1 Å². The van der Waals surface area contributed by atoms with Crippen LogP contribution in [0.25, 0.3) is 11.0 Å². The number of Topliss-reactive ketones (excluding diaryl/α,β-unsaturated/α-hetero) is 1. The van der Waals surface area contributed by atoms with Crippen LogP contribution in [0, 0.1) is 0 Å². The fourth-order valence-corrected chi connectivity index (χ4v) is 2.15. The van der Waals surface area contributed by atoms with E-state index in [9.17, 15) is 4.79 Å². The van der Waals surface area contributed by atoms with Gasteiger partial charge in [0.2, 0.25) is 0 Å². The molecule has 0 aliphatic carbocycles. The summed E-state index contributed by atoms with van der Waals surface area (Å²) in [6.07, 6.45) is 1.56. The lowest BCUT2D eigenvalue weighted by Gasteiger charge is -2.02. The van der Waals surface area contributed by atoms with Crippen molar-refractivity contribution in [3.05, 3.63) is 36.1 Å². The molecule has 2 rings (SSSR count). The smallest absolute Gasteiger partial charge is 0.176 e. The number of benzene rings is 1. The second-order valence-corrected chi connectivity index (χ2v) is 5.49. The predicted molar refractivity (Wildman–Crippen MR) is 68.1 cm³/mol. The predicted octanol–water partition coefficient (Wildman–Crippen LogP) is 3.76. The zero-order chi connectivity index (χ0) is 11.5. The van der Waals surface area contributed by atoms with Crippen molar-refractivity contribution in [1.29, 1.82) is 0 Å². The maximum Gasteiger partial charge on any atom is 0.176 e. The lowest BCUT2D eigenvalue weighted by atomic mass is 10.1. The highest BCUT2D eigenvalue weighted by Gasteiger charge is 2.13. The number of ketones is 1. The van der Waals surface area contributed by atoms with Crippen molar-refractivity contribution >= 4 is 28.5 Å². The lowest BCUT2D eigenvalue weighted by Crippen LogP contribution is -2.03. The SMILES string of the molecule is CC(C)SCC(=O)c1coc2ccccc12. The third-order valence-electron chi connectivity index (χ3n) is 2.33. The van der Waals surface area contributed by atoms with E-state index in [2.05, 4.69) is 13.8 Å². The van der Waals surface area contributed by atoms with Crippen molar-refractivity contribution in [3.8, 4) is 0 Å². The Bertz CT molecular complexity index is 499. The number of rotatable bonds is 4. The molecule has 0 spiro atoms. The van der Waals surface area contributed by atoms with Crippen LogP contribution in [0.15, 0.2) is 34.9 Å². The average molecular weight is 234 g/mol. The van der Waals surface area contributed by atoms with Crippen LogP contribution in [0.2, 0.25) is 0 Å². The second-order valence-electron chi connectivity index (χ2n) is 3.93. The number of thioether (sulfide) groups is 1. The highest BCUT2D eigenvalue weighted by atomic mass is 32.2. The van der Waals surface area contributed by atoms with Gasteiger partial charge < -0.3 is 4.42 Å². The Morgan fingerprint density at radius 1 is 1.38 bits per heavy atom. The summed E-state index contributed by atoms with van der Waals surface area (Å²) in [4.78, 5) is 11.9. The van der Waals surface area contributed by atoms with Crippen LogP contribution in [0.1, 0.15) is 24.2 Å². The summed E-state index contributed by atoms with van der Waals surface area (Å²) in [5.41, 5.74) is 1.48. The summed E-state index contributed by atoms with van der Waals surface area (Å²) in [7, 11) is 0. The average Bonchev–Trinajstić information content (AvgIpc) is 2.69. The van der Waals surface area contributed by atoms with Crippen molar-refractivity contribution in [1.82, 2.24) is 0 Å². The molecule has 84 valence electrons. The highest BCUT2D eigenvalue weighted by Crippen LogP contribution is 2.22. The molecule has 0 fully saturated rings. The van der Waals surface area contributed by atoms with Crippen LogP contribution in [0.5, 0.6) is 0 Å². The maximum absolute atomic E-state index is 11.9. The molecule has 0 saturated carbocycles. The van der Waals surface area contributed by atoms with Gasteiger partial charge in [0.25, 0.3) is 0 Å². The molecule has 0 saturated heterocycles. The first kappa shape index (κ1) is 11.3. The fourth-order valence-electron chi connectivity index (χ4n) is 1.51. The molecular formula is C13H14O2S. The summed E-state index contributed by atoms with van der Waals surface area (Å²) in [5, 5.41) is 1.39. The van der Waals surface area contributed by atoms with Gasteiger partial charge in [-0.05, 0) is 11.3 Å². The van der Waals surface area contributed by atoms with Crippen LogP contribution < -0.4 is 0 Å². The number of hydrogen-bond acceptors (Lipinski definition) is 3. The van der Waals surface area contributed by atoms with Crippen molar-refractivity contribution < 1.29 is 9.21 Å². The molecule has 0 atom stereocenters. The molecule has 0 amide bonds. The Morgan fingerprint density at radius 3 is 2.88 bits per heavy atom. The molecule has 0 bridgehead atoms. The molecule has 1 aromatic heterocycles. The van der Waals surface area contributed by atoms with Gasteiger partial charge in [0.1, 0.15) is 11.8 Å². The Hall–Kier alpha value is -1.22. The number of carbonyl (C=O) groups excluding carboxylic acids is 1. The summed E-state index contributed by atoms with van der Waals surface area (Å²) in [6, 6.07) is 7.63. The van der Waals surface area contributed by atoms with Crippen molar-refractivity contribution in [2.24, 2.45) is 0 Å². The summed E-state index contributed by atoms with van der Waals surface area (Å²) < 4.78 is 5.35. The second kappa shape index (κ2) is 4.74. The quantitative estimate of drug-likeness (QED) is 0.754. The molecule has 0 aliphatic heterocycles. The molecule has 2 aromatic rings. The molecule has 16 heavy (non-hydrogen) atoms. The molecule has 0 N–H and O–H groups in total. The molecule has 0 unspecified atom stereocenters. The van der Waals surface area contributed by atoms with Gasteiger partial charge >= 0.3 is 0 Å². The summed E-state index contributed by atoms with van der Waals surface area (Å²) in [6.45, 7) is 4.18. The van der Waals surface area contributed by atoms with E-state index in [-0.39, 0.29) is 5.78 Å². The first-order valence-electron chi connectivity index (χ1n) is 5.29. The van der Waals surface area contributed by atoms with Gasteiger partial charge in [-0.25, -0.2) is 0 Å². The monoisotopic (exact) mass is 234 g/mol.